The zero-order valence-corrected chi connectivity index (χ0v) is 10.6. The highest BCUT2D eigenvalue weighted by Gasteiger charge is 2.28. The number of carbonyl (C=O) groups excluding carboxylic acids is 1. The first-order valence-electron chi connectivity index (χ1n) is 5.96. The average Bonchev–Trinajstić information content (AvgIpc) is 2.21. The van der Waals surface area contributed by atoms with E-state index in [1.807, 2.05) is 13.8 Å². The summed E-state index contributed by atoms with van der Waals surface area (Å²) in [7, 11) is 0. The first kappa shape index (κ1) is 15.2. The highest BCUT2D eigenvalue weighted by atomic mass is 19.4. The fourth-order valence-corrected chi connectivity index (χ4v) is 2.04. The first-order valence-corrected chi connectivity index (χ1v) is 5.96. The Morgan fingerprint density at radius 1 is 1.33 bits per heavy atom. The molecular weight excluding hydrogens is 249 g/mol. The minimum Gasteiger partial charge on any atom is -0.372 e. The normalized spacial score (nSPS) is 25.3. The van der Waals surface area contributed by atoms with Crippen LogP contribution in [0.25, 0.3) is 0 Å². The summed E-state index contributed by atoms with van der Waals surface area (Å²) in [5, 5.41) is 3.28. The number of halogens is 3. The van der Waals surface area contributed by atoms with E-state index in [2.05, 4.69) is 10.1 Å². The number of ether oxygens (including phenoxy) is 1. The van der Waals surface area contributed by atoms with Crippen molar-refractivity contribution < 1.29 is 22.7 Å². The number of amides is 1. The number of nitrogens with one attached hydrogen (secondary N) is 1. The van der Waals surface area contributed by atoms with Crippen LogP contribution in [0, 0.1) is 0 Å². The third-order valence-electron chi connectivity index (χ3n) is 2.64. The van der Waals surface area contributed by atoms with Gasteiger partial charge < -0.3 is 15.0 Å². The van der Waals surface area contributed by atoms with Crippen LogP contribution in [0.1, 0.15) is 20.3 Å². The topological polar surface area (TPSA) is 41.6 Å². The molecule has 7 heteroatoms. The van der Waals surface area contributed by atoms with Crippen LogP contribution in [0.4, 0.5) is 13.2 Å². The van der Waals surface area contributed by atoms with Crippen LogP contribution >= 0.6 is 0 Å². The van der Waals surface area contributed by atoms with Crippen molar-refractivity contribution in [2.45, 2.75) is 38.5 Å². The predicted octanol–water partition coefficient (Wildman–Crippen LogP) is 1.16. The van der Waals surface area contributed by atoms with E-state index in [9.17, 15) is 18.0 Å². The maximum absolute atomic E-state index is 11.8. The Balaban J connectivity index is 2.24. The molecule has 1 fully saturated rings. The number of alkyl halides is 3. The molecule has 0 aromatic heterocycles. The van der Waals surface area contributed by atoms with Crippen molar-refractivity contribution >= 4 is 5.91 Å². The standard InChI is InChI=1S/C11H19F3N2O2/c1-8-5-16(6-9(2)15-8)10(17)3-4-18-7-11(12,13)14/h8-9,15H,3-7H2,1-2H3/t8-,9-/m0/s1. The summed E-state index contributed by atoms with van der Waals surface area (Å²) < 4.78 is 39.9. The van der Waals surface area contributed by atoms with Crippen molar-refractivity contribution in [2.24, 2.45) is 0 Å². The Morgan fingerprint density at radius 3 is 2.39 bits per heavy atom. The molecule has 1 aliphatic heterocycles. The molecule has 0 aliphatic carbocycles. The van der Waals surface area contributed by atoms with E-state index in [1.54, 1.807) is 4.90 Å². The molecule has 1 aliphatic rings. The van der Waals surface area contributed by atoms with Crippen LogP contribution in [0.5, 0.6) is 0 Å². The highest BCUT2D eigenvalue weighted by molar-refractivity contribution is 5.76. The zero-order valence-electron chi connectivity index (χ0n) is 10.6. The smallest absolute Gasteiger partial charge is 0.372 e. The van der Waals surface area contributed by atoms with E-state index in [0.29, 0.717) is 13.1 Å². The van der Waals surface area contributed by atoms with Gasteiger partial charge in [-0.25, -0.2) is 0 Å². The second-order valence-corrected chi connectivity index (χ2v) is 4.69. The van der Waals surface area contributed by atoms with Crippen molar-refractivity contribution in [2.75, 3.05) is 26.3 Å². The van der Waals surface area contributed by atoms with Gasteiger partial charge in [0, 0.05) is 25.2 Å². The minimum absolute atomic E-state index is 0.00444. The molecule has 0 aromatic carbocycles. The van der Waals surface area contributed by atoms with Crippen LogP contribution in [0.15, 0.2) is 0 Å². The molecule has 1 amide bonds. The predicted molar refractivity (Wildman–Crippen MR) is 60.1 cm³/mol. The second-order valence-electron chi connectivity index (χ2n) is 4.69. The Labute approximate surface area is 104 Å². The SMILES string of the molecule is C[C@H]1CN(C(=O)CCOCC(F)(F)F)C[C@H](C)N1. The van der Waals surface area contributed by atoms with Gasteiger partial charge in [-0.05, 0) is 13.8 Å². The van der Waals surface area contributed by atoms with E-state index in [4.69, 9.17) is 0 Å². The molecule has 0 radical (unpaired) electrons. The summed E-state index contributed by atoms with van der Waals surface area (Å²) in [6.45, 7) is 3.62. The maximum atomic E-state index is 11.8. The molecule has 106 valence electrons. The fourth-order valence-electron chi connectivity index (χ4n) is 2.04. The van der Waals surface area contributed by atoms with Gasteiger partial charge in [0.25, 0.3) is 0 Å². The summed E-state index contributed by atoms with van der Waals surface area (Å²) in [4.78, 5) is 13.4. The molecular formula is C11H19F3N2O2. The van der Waals surface area contributed by atoms with Crippen LogP contribution in [-0.2, 0) is 9.53 Å². The highest BCUT2D eigenvalue weighted by Crippen LogP contribution is 2.14. The van der Waals surface area contributed by atoms with Gasteiger partial charge in [0.1, 0.15) is 6.61 Å². The summed E-state index contributed by atoms with van der Waals surface area (Å²) in [5.41, 5.74) is 0. The molecule has 1 saturated heterocycles. The Morgan fingerprint density at radius 2 is 1.89 bits per heavy atom. The Kier molecular flexibility index (Phi) is 5.40. The third kappa shape index (κ3) is 5.68. The Hall–Kier alpha value is -0.820. The first-order chi connectivity index (χ1) is 8.28. The van der Waals surface area contributed by atoms with Gasteiger partial charge in [0.2, 0.25) is 5.91 Å². The lowest BCUT2D eigenvalue weighted by atomic mass is 10.1. The van der Waals surface area contributed by atoms with E-state index in [1.165, 1.54) is 0 Å². The number of carbonyl (C=O) groups is 1. The average molecular weight is 268 g/mol. The monoisotopic (exact) mass is 268 g/mol. The van der Waals surface area contributed by atoms with Crippen molar-refractivity contribution in [3.8, 4) is 0 Å². The number of hydrogen-bond acceptors (Lipinski definition) is 3. The number of piperazine rings is 1. The van der Waals surface area contributed by atoms with Gasteiger partial charge in [0.05, 0.1) is 13.0 Å². The fraction of sp³-hybridized carbons (Fsp3) is 0.909. The van der Waals surface area contributed by atoms with Crippen LogP contribution < -0.4 is 5.32 Å². The van der Waals surface area contributed by atoms with Crippen LogP contribution in [0.2, 0.25) is 0 Å². The van der Waals surface area contributed by atoms with Gasteiger partial charge in [-0.3, -0.25) is 4.79 Å². The van der Waals surface area contributed by atoms with Gasteiger partial charge in [-0.2, -0.15) is 13.2 Å². The Bertz CT molecular complexity index is 274. The number of hydrogen-bond donors (Lipinski definition) is 1. The van der Waals surface area contributed by atoms with Gasteiger partial charge in [0.15, 0.2) is 0 Å². The second kappa shape index (κ2) is 6.38. The lowest BCUT2D eigenvalue weighted by molar-refractivity contribution is -0.175. The molecule has 1 rings (SSSR count). The molecule has 0 unspecified atom stereocenters. The van der Waals surface area contributed by atoms with E-state index in [0.717, 1.165) is 0 Å². The molecule has 0 spiro atoms. The lowest BCUT2D eigenvalue weighted by Gasteiger charge is -2.36. The molecule has 0 bridgehead atoms. The van der Waals surface area contributed by atoms with Crippen LogP contribution in [0.3, 0.4) is 0 Å². The number of nitrogens with zero attached hydrogens (tertiary/aromatic N) is 1. The maximum Gasteiger partial charge on any atom is 0.411 e. The molecule has 18 heavy (non-hydrogen) atoms. The number of rotatable bonds is 4. The zero-order chi connectivity index (χ0) is 13.8. The van der Waals surface area contributed by atoms with Gasteiger partial charge in [-0.15, -0.1) is 0 Å². The van der Waals surface area contributed by atoms with E-state index < -0.39 is 12.8 Å². The van der Waals surface area contributed by atoms with Crippen molar-refractivity contribution in [1.82, 2.24) is 10.2 Å². The molecule has 0 saturated carbocycles. The summed E-state index contributed by atoms with van der Waals surface area (Å²) in [6, 6.07) is 0.405. The lowest BCUT2D eigenvalue weighted by Crippen LogP contribution is -2.55. The quantitative estimate of drug-likeness (QED) is 0.778. The van der Waals surface area contributed by atoms with Crippen molar-refractivity contribution in [3.05, 3.63) is 0 Å². The van der Waals surface area contributed by atoms with Crippen molar-refractivity contribution in [1.29, 1.82) is 0 Å². The van der Waals surface area contributed by atoms with E-state index >= 15 is 0 Å². The minimum atomic E-state index is -4.33. The molecule has 1 heterocycles. The summed E-state index contributed by atoms with van der Waals surface area (Å²) >= 11 is 0. The summed E-state index contributed by atoms with van der Waals surface area (Å²) in [5.74, 6) is -0.155. The van der Waals surface area contributed by atoms with Gasteiger partial charge >= 0.3 is 6.18 Å². The summed E-state index contributed by atoms with van der Waals surface area (Å²) in [6.07, 6.45) is -4.34. The molecule has 1 N–H and O–H groups in total. The van der Waals surface area contributed by atoms with Crippen LogP contribution in [-0.4, -0.2) is 55.4 Å². The molecule has 4 nitrogen and oxygen atoms in total. The van der Waals surface area contributed by atoms with Gasteiger partial charge in [-0.1, -0.05) is 0 Å². The van der Waals surface area contributed by atoms with Crippen molar-refractivity contribution in [3.63, 3.8) is 0 Å². The van der Waals surface area contributed by atoms with E-state index in [-0.39, 0.29) is 31.0 Å². The molecule has 2 atom stereocenters. The molecule has 0 aromatic rings. The third-order valence-corrected chi connectivity index (χ3v) is 2.64. The largest absolute Gasteiger partial charge is 0.411 e.